The highest BCUT2D eigenvalue weighted by Crippen LogP contribution is 2.23. The van der Waals surface area contributed by atoms with Crippen molar-refractivity contribution in [2.45, 2.75) is 26.2 Å². The summed E-state index contributed by atoms with van der Waals surface area (Å²) in [6, 6.07) is 12.7. The fraction of sp³-hybridized carbons (Fsp3) is 0.211. The molecule has 1 aromatic heterocycles. The van der Waals surface area contributed by atoms with Gasteiger partial charge < -0.3 is 0 Å². The second kappa shape index (κ2) is 6.73. The number of fused-ring (bicyclic) bond motifs is 1. The molecule has 3 aromatic rings. The highest BCUT2D eigenvalue weighted by Gasteiger charge is 2.22. The van der Waals surface area contributed by atoms with Gasteiger partial charge in [0.1, 0.15) is 5.82 Å². The van der Waals surface area contributed by atoms with E-state index in [2.05, 4.69) is 26.0 Å². The van der Waals surface area contributed by atoms with E-state index in [1.54, 1.807) is 24.4 Å². The maximum Gasteiger partial charge on any atom is 0.282 e. The van der Waals surface area contributed by atoms with Crippen molar-refractivity contribution in [1.82, 2.24) is 9.66 Å². The van der Waals surface area contributed by atoms with Crippen LogP contribution in [0.25, 0.3) is 10.9 Å². The van der Waals surface area contributed by atoms with Crippen LogP contribution in [0.4, 0.5) is 0 Å². The molecule has 0 spiro atoms. The lowest BCUT2D eigenvalue weighted by Crippen LogP contribution is -2.29. The standard InChI is InChI=1S/C19H17BrClN3O/c1-19(2,3)18-23-16-9-6-13(20)10-15(16)17(25)24(18)22-11-12-4-7-14(21)8-5-12/h4-11H,1-3H3. The number of aromatic nitrogens is 2. The van der Waals surface area contributed by atoms with E-state index in [0.29, 0.717) is 21.7 Å². The SMILES string of the molecule is CC(C)(C)c1nc2ccc(Br)cc2c(=O)n1N=Cc1ccc(Cl)cc1. The summed E-state index contributed by atoms with van der Waals surface area (Å²) in [5, 5.41) is 5.59. The number of nitrogens with zero attached hydrogens (tertiary/aromatic N) is 3. The van der Waals surface area contributed by atoms with Crippen LogP contribution < -0.4 is 5.56 Å². The molecule has 0 amide bonds. The van der Waals surface area contributed by atoms with Crippen molar-refractivity contribution in [2.75, 3.05) is 0 Å². The Morgan fingerprint density at radius 1 is 1.16 bits per heavy atom. The summed E-state index contributed by atoms with van der Waals surface area (Å²) >= 11 is 9.31. The Kier molecular flexibility index (Phi) is 4.80. The first-order chi connectivity index (χ1) is 11.8. The molecule has 4 nitrogen and oxygen atoms in total. The van der Waals surface area contributed by atoms with Crippen LogP contribution in [0, 0.1) is 0 Å². The van der Waals surface area contributed by atoms with Gasteiger partial charge in [0, 0.05) is 14.9 Å². The lowest BCUT2D eigenvalue weighted by atomic mass is 9.95. The van der Waals surface area contributed by atoms with Crippen LogP contribution in [0.15, 0.2) is 56.8 Å². The number of hydrogen-bond donors (Lipinski definition) is 0. The average Bonchev–Trinajstić information content (AvgIpc) is 2.55. The normalized spacial score (nSPS) is 12.2. The topological polar surface area (TPSA) is 47.2 Å². The Morgan fingerprint density at radius 2 is 1.84 bits per heavy atom. The fourth-order valence-corrected chi connectivity index (χ4v) is 2.90. The molecule has 0 fully saturated rings. The third-order valence-electron chi connectivity index (χ3n) is 3.67. The minimum atomic E-state index is -0.336. The summed E-state index contributed by atoms with van der Waals surface area (Å²) in [5.74, 6) is 0.609. The van der Waals surface area contributed by atoms with Crippen molar-refractivity contribution < 1.29 is 0 Å². The molecule has 25 heavy (non-hydrogen) atoms. The fourth-order valence-electron chi connectivity index (χ4n) is 2.41. The van der Waals surface area contributed by atoms with Crippen molar-refractivity contribution in [3.05, 3.63) is 73.7 Å². The molecule has 0 radical (unpaired) electrons. The number of rotatable bonds is 2. The second-order valence-electron chi connectivity index (χ2n) is 6.76. The lowest BCUT2D eigenvalue weighted by molar-refractivity contribution is 0.506. The highest BCUT2D eigenvalue weighted by atomic mass is 79.9. The van der Waals surface area contributed by atoms with Crippen LogP contribution in [-0.2, 0) is 5.41 Å². The van der Waals surface area contributed by atoms with E-state index in [-0.39, 0.29) is 11.0 Å². The zero-order valence-corrected chi connectivity index (χ0v) is 16.5. The van der Waals surface area contributed by atoms with Crippen LogP contribution in [-0.4, -0.2) is 15.9 Å². The summed E-state index contributed by atoms with van der Waals surface area (Å²) in [6.45, 7) is 6.02. The molecule has 0 saturated carbocycles. The third kappa shape index (κ3) is 3.83. The van der Waals surface area contributed by atoms with Gasteiger partial charge in [-0.15, -0.1) is 0 Å². The molecule has 0 saturated heterocycles. The predicted octanol–water partition coefficient (Wildman–Crippen LogP) is 4.99. The molecule has 1 heterocycles. The third-order valence-corrected chi connectivity index (χ3v) is 4.42. The molecule has 3 rings (SSSR count). The van der Waals surface area contributed by atoms with Crippen LogP contribution in [0.3, 0.4) is 0 Å². The van der Waals surface area contributed by atoms with Gasteiger partial charge in [-0.2, -0.15) is 9.78 Å². The molecule has 128 valence electrons. The van der Waals surface area contributed by atoms with Crippen molar-refractivity contribution in [3.63, 3.8) is 0 Å². The van der Waals surface area contributed by atoms with E-state index in [9.17, 15) is 4.79 Å². The second-order valence-corrected chi connectivity index (χ2v) is 8.11. The van der Waals surface area contributed by atoms with E-state index >= 15 is 0 Å². The van der Waals surface area contributed by atoms with Crippen LogP contribution in [0.5, 0.6) is 0 Å². The molecule has 0 N–H and O–H groups in total. The maximum atomic E-state index is 13.0. The highest BCUT2D eigenvalue weighted by molar-refractivity contribution is 9.10. The molecule has 6 heteroatoms. The predicted molar refractivity (Wildman–Crippen MR) is 107 cm³/mol. The first kappa shape index (κ1) is 17.8. The van der Waals surface area contributed by atoms with E-state index < -0.39 is 0 Å². The van der Waals surface area contributed by atoms with Gasteiger partial charge in [-0.3, -0.25) is 4.79 Å². The van der Waals surface area contributed by atoms with E-state index in [1.807, 2.05) is 45.0 Å². The van der Waals surface area contributed by atoms with Gasteiger partial charge in [0.15, 0.2) is 0 Å². The largest absolute Gasteiger partial charge is 0.282 e. The Morgan fingerprint density at radius 3 is 2.48 bits per heavy atom. The van der Waals surface area contributed by atoms with Gasteiger partial charge in [-0.25, -0.2) is 4.98 Å². The van der Waals surface area contributed by atoms with Crippen LogP contribution >= 0.6 is 27.5 Å². The van der Waals surface area contributed by atoms with Crippen LogP contribution in [0.2, 0.25) is 5.02 Å². The lowest BCUT2D eigenvalue weighted by Gasteiger charge is -2.20. The first-order valence-electron chi connectivity index (χ1n) is 7.78. The van der Waals surface area contributed by atoms with Crippen LogP contribution in [0.1, 0.15) is 32.2 Å². The maximum absolute atomic E-state index is 13.0. The Balaban J connectivity index is 2.22. The van der Waals surface area contributed by atoms with Gasteiger partial charge in [-0.1, -0.05) is 60.4 Å². The summed E-state index contributed by atoms with van der Waals surface area (Å²) < 4.78 is 2.21. The number of halogens is 2. The Bertz CT molecular complexity index is 1020. The van der Waals surface area contributed by atoms with Gasteiger partial charge in [0.2, 0.25) is 0 Å². The molecule has 0 atom stereocenters. The molecule has 0 unspecified atom stereocenters. The van der Waals surface area contributed by atoms with Crippen molar-refractivity contribution in [3.8, 4) is 0 Å². The van der Waals surface area contributed by atoms with Gasteiger partial charge in [0.05, 0.1) is 17.1 Å². The number of hydrogen-bond acceptors (Lipinski definition) is 3. The first-order valence-corrected chi connectivity index (χ1v) is 8.95. The average molecular weight is 419 g/mol. The summed E-state index contributed by atoms with van der Waals surface area (Å²) in [4.78, 5) is 17.7. The number of benzene rings is 2. The van der Waals surface area contributed by atoms with Gasteiger partial charge in [0.25, 0.3) is 5.56 Å². The minimum absolute atomic E-state index is 0.193. The quantitative estimate of drug-likeness (QED) is 0.550. The van der Waals surface area contributed by atoms with E-state index in [1.165, 1.54) is 4.68 Å². The molecule has 0 aliphatic rings. The zero-order chi connectivity index (χ0) is 18.2. The monoisotopic (exact) mass is 417 g/mol. The molecular weight excluding hydrogens is 402 g/mol. The van der Waals surface area contributed by atoms with Gasteiger partial charge >= 0.3 is 0 Å². The zero-order valence-electron chi connectivity index (χ0n) is 14.1. The molecule has 2 aromatic carbocycles. The molecule has 0 aliphatic heterocycles. The minimum Gasteiger partial charge on any atom is -0.267 e. The van der Waals surface area contributed by atoms with Crippen molar-refractivity contribution in [1.29, 1.82) is 0 Å². The summed E-state index contributed by atoms with van der Waals surface area (Å²) in [6.07, 6.45) is 1.64. The Hall–Kier alpha value is -1.98. The summed E-state index contributed by atoms with van der Waals surface area (Å²) in [5.41, 5.74) is 0.987. The molecule has 0 aliphatic carbocycles. The smallest absolute Gasteiger partial charge is 0.267 e. The summed E-state index contributed by atoms with van der Waals surface area (Å²) in [7, 11) is 0. The molecule has 0 bridgehead atoms. The van der Waals surface area contributed by atoms with E-state index in [4.69, 9.17) is 11.6 Å². The van der Waals surface area contributed by atoms with Crippen molar-refractivity contribution in [2.24, 2.45) is 5.10 Å². The van der Waals surface area contributed by atoms with Crippen molar-refractivity contribution >= 4 is 44.6 Å². The Labute approximate surface area is 159 Å². The van der Waals surface area contributed by atoms with Gasteiger partial charge in [-0.05, 0) is 35.9 Å². The van der Waals surface area contributed by atoms with E-state index in [0.717, 1.165) is 10.0 Å². The molecular formula is C19H17BrClN3O.